The molecule has 9 heteroatoms. The lowest BCUT2D eigenvalue weighted by molar-refractivity contribution is -0.112. The van der Waals surface area contributed by atoms with Gasteiger partial charge in [-0.2, -0.15) is 0 Å². The molecule has 0 aromatic heterocycles. The number of aliphatic imine (C=N–C) groups is 1. The van der Waals surface area contributed by atoms with Gasteiger partial charge < -0.3 is 25.2 Å². The van der Waals surface area contributed by atoms with Crippen molar-refractivity contribution in [2.24, 2.45) is 10.9 Å². The average Bonchev–Trinajstić information content (AvgIpc) is 3.42. The van der Waals surface area contributed by atoms with Gasteiger partial charge in [-0.05, 0) is 44.7 Å². The molecule has 5 rings (SSSR count). The van der Waals surface area contributed by atoms with Crippen LogP contribution in [0.3, 0.4) is 0 Å². The van der Waals surface area contributed by atoms with Crippen molar-refractivity contribution in [3.05, 3.63) is 41.4 Å². The van der Waals surface area contributed by atoms with E-state index in [9.17, 15) is 15.0 Å². The molecule has 0 aliphatic carbocycles. The molecule has 9 nitrogen and oxygen atoms in total. The number of hydrogen-bond donors (Lipinski definition) is 4. The Balaban J connectivity index is 1.45. The number of amides is 1. The number of allylic oxidation sites excluding steroid dienone is 1. The number of rotatable bonds is 5. The van der Waals surface area contributed by atoms with Crippen molar-refractivity contribution in [3.8, 4) is 5.75 Å². The summed E-state index contributed by atoms with van der Waals surface area (Å²) >= 11 is 0. The minimum absolute atomic E-state index is 0.197. The van der Waals surface area contributed by atoms with Crippen molar-refractivity contribution >= 4 is 23.5 Å². The van der Waals surface area contributed by atoms with Crippen LogP contribution in [-0.2, 0) is 11.2 Å². The minimum Gasteiger partial charge on any atom is -0.487 e. The van der Waals surface area contributed by atoms with E-state index in [1.807, 2.05) is 24.4 Å². The number of fused-ring (bicyclic) bond motifs is 2. The first kappa shape index (κ1) is 21.9. The third-order valence-corrected chi connectivity index (χ3v) is 6.82. The summed E-state index contributed by atoms with van der Waals surface area (Å²) in [6, 6.07) is 3.95. The van der Waals surface area contributed by atoms with Crippen LogP contribution in [0.5, 0.6) is 5.75 Å². The Morgan fingerprint density at radius 3 is 2.85 bits per heavy atom. The molecular formula is C24H31N5O4. The SMILES string of the molecule is CC(C)(O)C1Cc2cc(NC(=O)C3=C4N=CC=CN4NC3)c(N3CCC(CO)CC3)cc2O1. The maximum atomic E-state index is 13.3. The number of carbonyl (C=O) groups excluding carboxylic acids is 1. The van der Waals surface area contributed by atoms with Crippen LogP contribution in [0, 0.1) is 5.92 Å². The molecule has 1 amide bonds. The highest BCUT2D eigenvalue weighted by molar-refractivity contribution is 6.07. The molecule has 0 bridgehead atoms. The molecule has 1 atom stereocenters. The normalized spacial score (nSPS) is 22.5. The zero-order chi connectivity index (χ0) is 23.2. The van der Waals surface area contributed by atoms with Crippen LogP contribution in [0.2, 0.25) is 0 Å². The molecule has 4 heterocycles. The van der Waals surface area contributed by atoms with Crippen LogP contribution in [0.15, 0.2) is 40.8 Å². The number of hydrazine groups is 1. The first-order valence-corrected chi connectivity index (χ1v) is 11.5. The molecule has 0 radical (unpaired) electrons. The summed E-state index contributed by atoms with van der Waals surface area (Å²) in [5.41, 5.74) is 5.34. The van der Waals surface area contributed by atoms with Crippen LogP contribution >= 0.6 is 0 Å². The van der Waals surface area contributed by atoms with Crippen LogP contribution in [0.1, 0.15) is 32.3 Å². The van der Waals surface area contributed by atoms with Crippen LogP contribution in [0.4, 0.5) is 11.4 Å². The van der Waals surface area contributed by atoms with Gasteiger partial charge in [0.1, 0.15) is 11.9 Å². The molecule has 4 N–H and O–H groups in total. The molecular weight excluding hydrogens is 422 g/mol. The molecule has 1 saturated heterocycles. The molecule has 33 heavy (non-hydrogen) atoms. The van der Waals surface area contributed by atoms with Crippen molar-refractivity contribution in [2.75, 3.05) is 36.5 Å². The van der Waals surface area contributed by atoms with Crippen molar-refractivity contribution in [3.63, 3.8) is 0 Å². The summed E-state index contributed by atoms with van der Waals surface area (Å²) in [7, 11) is 0. The minimum atomic E-state index is -0.972. The molecule has 1 aromatic rings. The largest absolute Gasteiger partial charge is 0.487 e. The summed E-state index contributed by atoms with van der Waals surface area (Å²) < 4.78 is 6.09. The number of benzene rings is 1. The van der Waals surface area contributed by atoms with Crippen molar-refractivity contribution in [1.29, 1.82) is 0 Å². The van der Waals surface area contributed by atoms with Gasteiger partial charge >= 0.3 is 0 Å². The molecule has 1 fully saturated rings. The fraction of sp³-hybridized carbons (Fsp3) is 0.500. The number of anilines is 2. The second-order valence-corrected chi connectivity index (χ2v) is 9.64. The standard InChI is InChI=1S/C24H31N5O4/c1-24(2,32)21-11-16-10-18(27-23(31)17-13-26-29-7-3-6-25-22(17)29)19(12-20(16)33-21)28-8-4-15(14-30)5-9-28/h3,6-7,10,12,15,21,26,30,32H,4-5,8-9,11,13-14H2,1-2H3,(H,27,31). The predicted octanol–water partition coefficient (Wildman–Crippen LogP) is 1.54. The Morgan fingerprint density at radius 2 is 2.12 bits per heavy atom. The van der Waals surface area contributed by atoms with E-state index in [1.165, 1.54) is 0 Å². The van der Waals surface area contributed by atoms with Gasteiger partial charge in [-0.15, -0.1) is 0 Å². The highest BCUT2D eigenvalue weighted by atomic mass is 16.5. The molecule has 1 unspecified atom stereocenters. The second kappa shape index (κ2) is 8.48. The Morgan fingerprint density at radius 1 is 1.33 bits per heavy atom. The van der Waals surface area contributed by atoms with E-state index in [0.29, 0.717) is 30.3 Å². The smallest absolute Gasteiger partial charge is 0.256 e. The van der Waals surface area contributed by atoms with Gasteiger partial charge in [0.15, 0.2) is 5.82 Å². The summed E-state index contributed by atoms with van der Waals surface area (Å²) in [6.07, 6.45) is 7.34. The number of hydrogen-bond acceptors (Lipinski definition) is 8. The van der Waals surface area contributed by atoms with Gasteiger partial charge in [0.2, 0.25) is 0 Å². The van der Waals surface area contributed by atoms with Crippen molar-refractivity contribution in [2.45, 2.75) is 44.8 Å². The topological polar surface area (TPSA) is 110 Å². The summed E-state index contributed by atoms with van der Waals surface area (Å²) in [4.78, 5) is 19.9. The van der Waals surface area contributed by atoms with Crippen molar-refractivity contribution in [1.82, 2.24) is 10.4 Å². The monoisotopic (exact) mass is 453 g/mol. The number of aliphatic hydroxyl groups excluding tert-OH is 1. The number of carbonyl (C=O) groups is 1. The van der Waals surface area contributed by atoms with Gasteiger partial charge in [-0.1, -0.05) is 0 Å². The zero-order valence-electron chi connectivity index (χ0n) is 19.0. The first-order chi connectivity index (χ1) is 15.8. The van der Waals surface area contributed by atoms with E-state index < -0.39 is 5.60 Å². The van der Waals surface area contributed by atoms with E-state index in [-0.39, 0.29) is 18.6 Å². The average molecular weight is 454 g/mol. The van der Waals surface area contributed by atoms with Gasteiger partial charge in [0.05, 0.1) is 22.5 Å². The Bertz CT molecular complexity index is 1030. The highest BCUT2D eigenvalue weighted by Gasteiger charge is 2.36. The first-order valence-electron chi connectivity index (χ1n) is 11.5. The summed E-state index contributed by atoms with van der Waals surface area (Å²) in [5, 5.41) is 24.9. The maximum Gasteiger partial charge on any atom is 0.256 e. The van der Waals surface area contributed by atoms with Gasteiger partial charge in [0.25, 0.3) is 5.91 Å². The number of nitrogens with zero attached hydrogens (tertiary/aromatic N) is 3. The highest BCUT2D eigenvalue weighted by Crippen LogP contribution is 2.41. The van der Waals surface area contributed by atoms with Crippen molar-refractivity contribution < 1.29 is 19.7 Å². The molecule has 0 saturated carbocycles. The fourth-order valence-electron chi connectivity index (χ4n) is 4.73. The summed E-state index contributed by atoms with van der Waals surface area (Å²) in [6.45, 7) is 5.68. The van der Waals surface area contributed by atoms with Gasteiger partial charge in [-0.3, -0.25) is 9.80 Å². The van der Waals surface area contributed by atoms with E-state index in [2.05, 4.69) is 20.6 Å². The summed E-state index contributed by atoms with van der Waals surface area (Å²) in [5.74, 6) is 1.46. The van der Waals surface area contributed by atoms with E-state index >= 15 is 0 Å². The Labute approximate surface area is 193 Å². The van der Waals surface area contributed by atoms with Crippen LogP contribution < -0.4 is 20.4 Å². The Hall–Kier alpha value is -2.88. The van der Waals surface area contributed by atoms with Gasteiger partial charge in [0, 0.05) is 56.7 Å². The van der Waals surface area contributed by atoms with Gasteiger partial charge in [-0.25, -0.2) is 10.4 Å². The maximum absolute atomic E-state index is 13.3. The third kappa shape index (κ3) is 4.23. The second-order valence-electron chi connectivity index (χ2n) is 9.64. The molecule has 0 spiro atoms. The lowest BCUT2D eigenvalue weighted by Gasteiger charge is -2.34. The lowest BCUT2D eigenvalue weighted by Crippen LogP contribution is -2.39. The number of piperidine rings is 1. The van der Waals surface area contributed by atoms with Crippen LogP contribution in [0.25, 0.3) is 0 Å². The van der Waals surface area contributed by atoms with E-state index in [1.54, 1.807) is 25.1 Å². The Kier molecular flexibility index (Phi) is 5.64. The molecule has 4 aliphatic heterocycles. The van der Waals surface area contributed by atoms with Crippen LogP contribution in [-0.4, -0.2) is 65.3 Å². The molecule has 1 aromatic carbocycles. The third-order valence-electron chi connectivity index (χ3n) is 6.82. The number of aliphatic hydroxyl groups is 2. The van der Waals surface area contributed by atoms with E-state index in [0.717, 1.165) is 48.6 Å². The lowest BCUT2D eigenvalue weighted by atomic mass is 9.95. The number of ether oxygens (including phenoxy) is 1. The molecule has 4 aliphatic rings. The van der Waals surface area contributed by atoms with E-state index in [4.69, 9.17) is 4.74 Å². The quantitative estimate of drug-likeness (QED) is 0.535. The predicted molar refractivity (Wildman–Crippen MR) is 126 cm³/mol. The fourth-order valence-corrected chi connectivity index (χ4v) is 4.73. The zero-order valence-corrected chi connectivity index (χ0v) is 19.0. The molecule has 176 valence electrons. The number of nitrogens with one attached hydrogen (secondary N) is 2.